The van der Waals surface area contributed by atoms with Gasteiger partial charge in [0.25, 0.3) is 0 Å². The van der Waals surface area contributed by atoms with Crippen LogP contribution in [0.2, 0.25) is 0 Å². The van der Waals surface area contributed by atoms with Crippen molar-refractivity contribution < 1.29 is 0 Å². The molecule has 1 nitrogen and oxygen atoms in total. The highest BCUT2D eigenvalue weighted by Gasteiger charge is 2.27. The van der Waals surface area contributed by atoms with Crippen molar-refractivity contribution in [3.8, 4) is 0 Å². The largest absolute Gasteiger partial charge is 0.388 e. The molecule has 2 heteroatoms. The molecule has 0 amide bonds. The average molecular weight is 155 g/mol. The van der Waals surface area contributed by atoms with E-state index in [9.17, 15) is 0 Å². The molecule has 0 aromatic heterocycles. The predicted octanol–water partition coefficient (Wildman–Crippen LogP) is 1.04. The average Bonchev–Trinajstić information content (AvgIpc) is 1.79. The van der Waals surface area contributed by atoms with Gasteiger partial charge in [-0.2, -0.15) is 0 Å². The van der Waals surface area contributed by atoms with Crippen LogP contribution in [0.25, 0.3) is 0 Å². The molecule has 58 valence electrons. The van der Waals surface area contributed by atoms with Gasteiger partial charge in [0.15, 0.2) is 0 Å². The summed E-state index contributed by atoms with van der Waals surface area (Å²) in [4.78, 5) is 0. The summed E-state index contributed by atoms with van der Waals surface area (Å²) in [5.74, 6) is 0. The molecule has 1 rings (SSSR count). The van der Waals surface area contributed by atoms with E-state index >= 15 is 0 Å². The summed E-state index contributed by atoms with van der Waals surface area (Å²) in [6, 6.07) is 0.861. The Hall–Kier alpha value is 0.492. The van der Waals surface area contributed by atoms with E-state index in [1.165, 1.54) is 35.9 Å². The van der Waals surface area contributed by atoms with Gasteiger partial charge in [0.1, 0.15) is 0 Å². The van der Waals surface area contributed by atoms with Gasteiger partial charge < -0.3 is 3.88 Å². The topological polar surface area (TPSA) is 3.24 Å². The Labute approximate surface area is 72.4 Å². The molecule has 0 bridgehead atoms. The second-order valence-corrected chi connectivity index (χ2v) is 5.62. The molecule has 1 aliphatic rings. The molecule has 0 saturated carbocycles. The maximum absolute atomic E-state index is 2.60. The van der Waals surface area contributed by atoms with Gasteiger partial charge >= 0.3 is 16.5 Å². The molecule has 0 aromatic rings. The van der Waals surface area contributed by atoms with E-state index in [-0.39, 0.29) is 0 Å². The SMILES string of the molecule is CC1CCC(C)(C)C[N]1[AlH2]. The molecular formula is C8H18AlN. The van der Waals surface area contributed by atoms with Crippen LogP contribution < -0.4 is 0 Å². The highest BCUT2D eigenvalue weighted by Crippen LogP contribution is 2.30. The van der Waals surface area contributed by atoms with E-state index in [0.717, 1.165) is 6.04 Å². The predicted molar refractivity (Wildman–Crippen MR) is 47.7 cm³/mol. The van der Waals surface area contributed by atoms with Crippen LogP contribution in [-0.4, -0.2) is 33.0 Å². The smallest absolute Gasteiger partial charge is 0.322 e. The van der Waals surface area contributed by atoms with Crippen LogP contribution in [-0.2, 0) is 0 Å². The quantitative estimate of drug-likeness (QED) is 0.472. The molecule has 1 aliphatic heterocycles. The van der Waals surface area contributed by atoms with Gasteiger partial charge in [-0.1, -0.05) is 20.8 Å². The lowest BCUT2D eigenvalue weighted by Crippen LogP contribution is -2.43. The fourth-order valence-electron chi connectivity index (χ4n) is 1.73. The fourth-order valence-corrected chi connectivity index (χ4v) is 2.84. The standard InChI is InChI=1S/C8H16N.Al.2H/c1-7-4-5-8(2,3)6-9-7;;;/h7H,4-6H2,1-3H3;;;/q-1;+1;;. The Kier molecular flexibility index (Phi) is 2.45. The summed E-state index contributed by atoms with van der Waals surface area (Å²) >= 11 is 1.24. The lowest BCUT2D eigenvalue weighted by atomic mass is 9.83. The van der Waals surface area contributed by atoms with Crippen LogP contribution in [0.15, 0.2) is 0 Å². The Morgan fingerprint density at radius 2 is 2.10 bits per heavy atom. The van der Waals surface area contributed by atoms with E-state index in [0.29, 0.717) is 5.41 Å². The fraction of sp³-hybridized carbons (Fsp3) is 1.00. The molecule has 0 spiro atoms. The van der Waals surface area contributed by atoms with Crippen molar-refractivity contribution in [1.82, 2.24) is 3.88 Å². The molecule has 0 N–H and O–H groups in total. The minimum absolute atomic E-state index is 0.592. The molecular weight excluding hydrogens is 137 g/mol. The van der Waals surface area contributed by atoms with Gasteiger partial charge in [0, 0.05) is 0 Å². The van der Waals surface area contributed by atoms with Crippen molar-refractivity contribution in [3.63, 3.8) is 0 Å². The molecule has 0 radical (unpaired) electrons. The van der Waals surface area contributed by atoms with E-state index < -0.39 is 0 Å². The van der Waals surface area contributed by atoms with Gasteiger partial charge in [0.2, 0.25) is 0 Å². The zero-order valence-corrected chi connectivity index (χ0v) is 9.65. The Morgan fingerprint density at radius 1 is 1.50 bits per heavy atom. The second kappa shape index (κ2) is 2.85. The number of nitrogens with zero attached hydrogens (tertiary/aromatic N) is 1. The molecule has 1 saturated heterocycles. The number of hydrogen-bond acceptors (Lipinski definition) is 1. The van der Waals surface area contributed by atoms with Crippen molar-refractivity contribution >= 4 is 16.5 Å². The van der Waals surface area contributed by atoms with Crippen LogP contribution in [0, 0.1) is 5.41 Å². The first-order valence-electron chi connectivity index (χ1n) is 4.21. The van der Waals surface area contributed by atoms with Crippen LogP contribution in [0.5, 0.6) is 0 Å². The van der Waals surface area contributed by atoms with Crippen molar-refractivity contribution in [2.24, 2.45) is 5.41 Å². The number of hydrogen-bond donors (Lipinski definition) is 0. The lowest BCUT2D eigenvalue weighted by Gasteiger charge is -2.41. The molecule has 1 atom stereocenters. The molecule has 1 heterocycles. The van der Waals surface area contributed by atoms with E-state index in [2.05, 4.69) is 24.7 Å². The summed E-state index contributed by atoms with van der Waals surface area (Å²) in [7, 11) is 0. The van der Waals surface area contributed by atoms with Gasteiger partial charge in [-0.05, 0) is 30.8 Å². The van der Waals surface area contributed by atoms with Crippen molar-refractivity contribution in [1.29, 1.82) is 0 Å². The monoisotopic (exact) mass is 155 g/mol. The molecule has 1 unspecified atom stereocenters. The second-order valence-electron chi connectivity index (χ2n) is 4.47. The Morgan fingerprint density at radius 3 is 2.50 bits per heavy atom. The maximum atomic E-state index is 2.60. The van der Waals surface area contributed by atoms with E-state index in [1.54, 1.807) is 0 Å². The van der Waals surface area contributed by atoms with Gasteiger partial charge in [0.05, 0.1) is 0 Å². The number of rotatable bonds is 0. The van der Waals surface area contributed by atoms with Crippen LogP contribution >= 0.6 is 0 Å². The molecule has 0 aliphatic carbocycles. The Balaban J connectivity index is 2.49. The molecule has 0 aromatic carbocycles. The van der Waals surface area contributed by atoms with Gasteiger partial charge in [-0.3, -0.25) is 0 Å². The third-order valence-electron chi connectivity index (χ3n) is 2.67. The molecule has 10 heavy (non-hydrogen) atoms. The highest BCUT2D eigenvalue weighted by atomic mass is 27.1. The van der Waals surface area contributed by atoms with Crippen molar-refractivity contribution in [3.05, 3.63) is 0 Å². The first-order valence-corrected chi connectivity index (χ1v) is 5.11. The van der Waals surface area contributed by atoms with Crippen LogP contribution in [0.4, 0.5) is 0 Å². The highest BCUT2D eigenvalue weighted by molar-refractivity contribution is 6.04. The zero-order valence-electron chi connectivity index (χ0n) is 7.65. The van der Waals surface area contributed by atoms with Crippen LogP contribution in [0.3, 0.4) is 0 Å². The summed E-state index contributed by atoms with van der Waals surface area (Å²) in [5.41, 5.74) is 0.592. The lowest BCUT2D eigenvalue weighted by molar-refractivity contribution is 0.146. The first-order chi connectivity index (χ1) is 4.51. The number of piperidine rings is 1. The van der Waals surface area contributed by atoms with E-state index in [1.807, 2.05) is 0 Å². The van der Waals surface area contributed by atoms with Gasteiger partial charge in [-0.25, -0.2) is 0 Å². The normalized spacial score (nSPS) is 34.1. The minimum Gasteiger partial charge on any atom is -0.388 e. The first kappa shape index (κ1) is 8.59. The summed E-state index contributed by atoms with van der Waals surface area (Å²) in [5, 5.41) is 0. The van der Waals surface area contributed by atoms with Crippen LogP contribution in [0.1, 0.15) is 33.6 Å². The Bertz CT molecular complexity index is 122. The summed E-state index contributed by atoms with van der Waals surface area (Å²) < 4.78 is 2.60. The molecule has 1 fully saturated rings. The minimum atomic E-state index is 0.592. The maximum Gasteiger partial charge on any atom is 0.322 e. The third-order valence-corrected chi connectivity index (χ3v) is 3.87. The van der Waals surface area contributed by atoms with E-state index in [4.69, 9.17) is 0 Å². The third kappa shape index (κ3) is 1.99. The van der Waals surface area contributed by atoms with Crippen molar-refractivity contribution in [2.45, 2.75) is 39.7 Å². The van der Waals surface area contributed by atoms with Crippen molar-refractivity contribution in [2.75, 3.05) is 6.54 Å². The summed E-state index contributed by atoms with van der Waals surface area (Å²) in [6.07, 6.45) is 2.81. The summed E-state index contributed by atoms with van der Waals surface area (Å²) in [6.45, 7) is 8.43. The van der Waals surface area contributed by atoms with Gasteiger partial charge in [-0.15, -0.1) is 0 Å². The zero-order chi connectivity index (χ0) is 7.78.